The Morgan fingerprint density at radius 1 is 1.50 bits per heavy atom. The number of ether oxygens (including phenoxy) is 1. The van der Waals surface area contributed by atoms with Crippen LogP contribution in [0.25, 0.3) is 0 Å². The molecule has 1 heterocycles. The molecule has 0 spiro atoms. The van der Waals surface area contributed by atoms with Gasteiger partial charge in [0.15, 0.2) is 0 Å². The number of sulfonamides is 1. The fraction of sp³-hybridized carbons (Fsp3) is 0.500. The van der Waals surface area contributed by atoms with Gasteiger partial charge in [0.05, 0.1) is 6.61 Å². The van der Waals surface area contributed by atoms with Crippen LogP contribution in [0.4, 0.5) is 0 Å². The lowest BCUT2D eigenvalue weighted by Crippen LogP contribution is -2.34. The monoisotopic (exact) mass is 333 g/mol. The first-order valence-corrected chi connectivity index (χ1v) is 8.14. The van der Waals surface area contributed by atoms with Crippen molar-refractivity contribution in [3.63, 3.8) is 0 Å². The Morgan fingerprint density at radius 2 is 2.28 bits per heavy atom. The van der Waals surface area contributed by atoms with Crippen LogP contribution in [-0.2, 0) is 21.3 Å². The fourth-order valence-corrected chi connectivity index (χ4v) is 3.66. The number of rotatable bonds is 4. The Morgan fingerprint density at radius 3 is 2.89 bits per heavy atom. The zero-order valence-electron chi connectivity index (χ0n) is 10.1. The van der Waals surface area contributed by atoms with Gasteiger partial charge in [-0.2, -0.15) is 0 Å². The summed E-state index contributed by atoms with van der Waals surface area (Å²) in [6.07, 6.45) is 0.578. The highest BCUT2D eigenvalue weighted by atomic mass is 79.9. The molecule has 1 atom stereocenters. The van der Waals surface area contributed by atoms with E-state index in [1.54, 1.807) is 0 Å². The molecule has 1 saturated heterocycles. The van der Waals surface area contributed by atoms with Gasteiger partial charge < -0.3 is 4.74 Å². The molecule has 1 N–H and O–H groups in total. The largest absolute Gasteiger partial charge is 0.380 e. The minimum Gasteiger partial charge on any atom is -0.380 e. The van der Waals surface area contributed by atoms with Crippen molar-refractivity contribution in [2.24, 2.45) is 0 Å². The summed E-state index contributed by atoms with van der Waals surface area (Å²) in [7, 11) is -3.27. The predicted molar refractivity (Wildman–Crippen MR) is 73.9 cm³/mol. The van der Waals surface area contributed by atoms with Crippen LogP contribution in [0.2, 0.25) is 0 Å². The molecule has 18 heavy (non-hydrogen) atoms. The Bertz CT molecular complexity index is 524. The zero-order valence-corrected chi connectivity index (χ0v) is 12.6. The maximum atomic E-state index is 12.0. The lowest BCUT2D eigenvalue weighted by Gasteiger charge is -2.12. The van der Waals surface area contributed by atoms with E-state index in [-0.39, 0.29) is 0 Å². The summed E-state index contributed by atoms with van der Waals surface area (Å²) in [4.78, 5) is 0. The van der Waals surface area contributed by atoms with Gasteiger partial charge in [-0.05, 0) is 36.6 Å². The van der Waals surface area contributed by atoms with Crippen molar-refractivity contribution in [1.82, 2.24) is 4.72 Å². The van der Waals surface area contributed by atoms with E-state index in [2.05, 4.69) is 20.7 Å². The third-order valence-corrected chi connectivity index (χ3v) is 5.38. The lowest BCUT2D eigenvalue weighted by molar-refractivity contribution is 0.198. The fourth-order valence-electron chi connectivity index (χ4n) is 1.91. The molecule has 6 heteroatoms. The molecule has 0 aliphatic carbocycles. The molecule has 0 radical (unpaired) electrons. The van der Waals surface area contributed by atoms with E-state index >= 15 is 0 Å². The summed E-state index contributed by atoms with van der Waals surface area (Å²) >= 11 is 3.39. The Kier molecular flexibility index (Phi) is 4.42. The van der Waals surface area contributed by atoms with Crippen LogP contribution in [0.15, 0.2) is 22.7 Å². The number of hydrogen-bond donors (Lipinski definition) is 1. The van der Waals surface area contributed by atoms with E-state index in [1.165, 1.54) is 0 Å². The molecule has 0 bridgehead atoms. The summed E-state index contributed by atoms with van der Waals surface area (Å²) in [5.74, 6) is 0. The van der Waals surface area contributed by atoms with Gasteiger partial charge in [-0.3, -0.25) is 0 Å². The number of hydrogen-bond acceptors (Lipinski definition) is 3. The topological polar surface area (TPSA) is 55.4 Å². The van der Waals surface area contributed by atoms with E-state index in [0.29, 0.717) is 26.2 Å². The molecular formula is C12H16BrNO3S. The van der Waals surface area contributed by atoms with Gasteiger partial charge in [-0.1, -0.05) is 22.0 Å². The van der Waals surface area contributed by atoms with Crippen LogP contribution in [0, 0.1) is 6.92 Å². The van der Waals surface area contributed by atoms with E-state index in [0.717, 1.165) is 15.6 Å². The highest BCUT2D eigenvalue weighted by Crippen LogP contribution is 2.17. The van der Waals surface area contributed by atoms with Crippen molar-refractivity contribution < 1.29 is 13.2 Å². The van der Waals surface area contributed by atoms with E-state index in [9.17, 15) is 8.42 Å². The average Bonchev–Trinajstić information content (AvgIpc) is 2.82. The van der Waals surface area contributed by atoms with Crippen LogP contribution >= 0.6 is 15.9 Å². The minimum absolute atomic E-state index is 0.300. The van der Waals surface area contributed by atoms with Crippen LogP contribution in [0.1, 0.15) is 17.5 Å². The average molecular weight is 334 g/mol. The van der Waals surface area contributed by atoms with Crippen molar-refractivity contribution in [2.75, 3.05) is 13.2 Å². The number of aryl methyl sites for hydroxylation is 1. The van der Waals surface area contributed by atoms with Crippen molar-refractivity contribution in [3.05, 3.63) is 33.8 Å². The standard InChI is InChI=1S/C12H16BrNO3S/c1-9-6-11(13)3-2-10(9)7-14-18(15,16)12-4-5-17-8-12/h2-3,6,12,14H,4-5,7-8H2,1H3/t12-/m1/s1. The maximum Gasteiger partial charge on any atom is 0.217 e. The van der Waals surface area contributed by atoms with Gasteiger partial charge in [-0.15, -0.1) is 0 Å². The van der Waals surface area contributed by atoms with E-state index in [1.807, 2.05) is 25.1 Å². The molecule has 1 aromatic rings. The molecule has 4 nitrogen and oxygen atoms in total. The number of benzene rings is 1. The normalized spacial score (nSPS) is 20.2. The Hall–Kier alpha value is -0.430. The summed E-state index contributed by atoms with van der Waals surface area (Å²) in [6, 6.07) is 5.81. The number of nitrogens with one attached hydrogen (secondary N) is 1. The maximum absolute atomic E-state index is 12.0. The van der Waals surface area contributed by atoms with Crippen molar-refractivity contribution in [1.29, 1.82) is 0 Å². The van der Waals surface area contributed by atoms with Crippen LogP contribution in [0.5, 0.6) is 0 Å². The summed E-state index contributed by atoms with van der Waals surface area (Å²) in [5.41, 5.74) is 2.05. The molecule has 0 aromatic heterocycles. The first kappa shape index (κ1) is 14.0. The van der Waals surface area contributed by atoms with Crippen molar-refractivity contribution >= 4 is 26.0 Å². The lowest BCUT2D eigenvalue weighted by atomic mass is 10.1. The Labute approximate surface area is 116 Å². The second kappa shape index (κ2) is 5.69. The molecule has 0 unspecified atom stereocenters. The second-order valence-corrected chi connectivity index (χ2v) is 7.38. The van der Waals surface area contributed by atoms with Gasteiger partial charge in [-0.25, -0.2) is 13.1 Å². The molecule has 1 aliphatic rings. The minimum atomic E-state index is -3.27. The Balaban J connectivity index is 2.02. The SMILES string of the molecule is Cc1cc(Br)ccc1CNS(=O)(=O)[C@@H]1CCOC1. The van der Waals surface area contributed by atoms with E-state index < -0.39 is 15.3 Å². The smallest absolute Gasteiger partial charge is 0.217 e. The highest BCUT2D eigenvalue weighted by molar-refractivity contribution is 9.10. The van der Waals surface area contributed by atoms with Crippen molar-refractivity contribution in [2.45, 2.75) is 25.1 Å². The summed E-state index contributed by atoms with van der Waals surface area (Å²) in [5, 5.41) is -0.409. The third-order valence-electron chi connectivity index (χ3n) is 3.10. The van der Waals surface area contributed by atoms with Crippen molar-refractivity contribution in [3.8, 4) is 0 Å². The summed E-state index contributed by atoms with van der Waals surface area (Å²) < 4.78 is 32.7. The molecule has 0 saturated carbocycles. The quantitative estimate of drug-likeness (QED) is 0.916. The molecule has 1 aromatic carbocycles. The van der Waals surface area contributed by atoms with Crippen LogP contribution in [-0.4, -0.2) is 26.9 Å². The second-order valence-electron chi connectivity index (χ2n) is 4.42. The third kappa shape index (κ3) is 3.32. The molecular weight excluding hydrogens is 318 g/mol. The molecule has 1 aliphatic heterocycles. The van der Waals surface area contributed by atoms with E-state index in [4.69, 9.17) is 4.74 Å². The predicted octanol–water partition coefficient (Wildman–Crippen LogP) is 1.97. The van der Waals surface area contributed by atoms with Crippen LogP contribution < -0.4 is 4.72 Å². The summed E-state index contributed by atoms with van der Waals surface area (Å²) in [6.45, 7) is 3.13. The first-order valence-electron chi connectivity index (χ1n) is 5.80. The van der Waals surface area contributed by atoms with Gasteiger partial charge in [0.25, 0.3) is 0 Å². The molecule has 100 valence electrons. The molecule has 0 amide bonds. The highest BCUT2D eigenvalue weighted by Gasteiger charge is 2.29. The van der Waals surface area contributed by atoms with Crippen LogP contribution in [0.3, 0.4) is 0 Å². The first-order chi connectivity index (χ1) is 8.49. The van der Waals surface area contributed by atoms with Gasteiger partial charge in [0.2, 0.25) is 10.0 Å². The molecule has 2 rings (SSSR count). The van der Waals surface area contributed by atoms with Gasteiger partial charge in [0.1, 0.15) is 5.25 Å². The molecule has 1 fully saturated rings. The number of halogens is 1. The van der Waals surface area contributed by atoms with Gasteiger partial charge >= 0.3 is 0 Å². The zero-order chi connectivity index (χ0) is 13.2. The van der Waals surface area contributed by atoms with Gasteiger partial charge in [0, 0.05) is 17.6 Å².